The Balaban J connectivity index is 1.51. The number of aromatic nitrogens is 2. The first kappa shape index (κ1) is 17.0. The molecule has 5 N–H and O–H groups in total. The van der Waals surface area contributed by atoms with Gasteiger partial charge in [-0.15, -0.1) is 0 Å². The minimum atomic E-state index is -0.398. The molecule has 1 unspecified atom stereocenters. The Morgan fingerprint density at radius 1 is 0.931 bits per heavy atom. The summed E-state index contributed by atoms with van der Waals surface area (Å²) in [6.45, 7) is 0. The second-order valence-electron chi connectivity index (χ2n) is 6.67. The quantitative estimate of drug-likeness (QED) is 0.401. The largest absolute Gasteiger partial charge is 0.357 e. The van der Waals surface area contributed by atoms with E-state index in [0.29, 0.717) is 5.95 Å². The first-order chi connectivity index (χ1) is 14.3. The fraction of sp³-hybridized carbons (Fsp3) is 0.0435. The van der Waals surface area contributed by atoms with Crippen molar-refractivity contribution in [2.75, 3.05) is 5.32 Å². The van der Waals surface area contributed by atoms with Crippen molar-refractivity contribution in [2.24, 2.45) is 10.7 Å². The van der Waals surface area contributed by atoms with E-state index in [9.17, 15) is 0 Å². The number of benzene rings is 3. The normalized spacial score (nSPS) is 15.5. The van der Waals surface area contributed by atoms with Crippen LogP contribution < -0.4 is 16.4 Å². The van der Waals surface area contributed by atoms with Crippen molar-refractivity contribution in [1.82, 2.24) is 15.3 Å². The van der Waals surface area contributed by atoms with Crippen molar-refractivity contribution >= 4 is 39.7 Å². The minimum Gasteiger partial charge on any atom is -0.357 e. The highest BCUT2D eigenvalue weighted by Crippen LogP contribution is 2.28. The molecule has 6 nitrogen and oxygen atoms in total. The zero-order chi connectivity index (χ0) is 19.6. The second kappa shape index (κ2) is 7.15. The third-order valence-electron chi connectivity index (χ3n) is 4.69. The van der Waals surface area contributed by atoms with E-state index in [2.05, 4.69) is 49.6 Å². The van der Waals surface area contributed by atoms with Gasteiger partial charge < -0.3 is 15.6 Å². The van der Waals surface area contributed by atoms with Gasteiger partial charge >= 0.3 is 0 Å². The molecule has 3 aromatic carbocycles. The number of nitrogens with zero attached hydrogens (tertiary/aromatic N) is 2. The lowest BCUT2D eigenvalue weighted by Gasteiger charge is -2.10. The summed E-state index contributed by atoms with van der Waals surface area (Å²) in [5, 5.41) is 8.49. The Morgan fingerprint density at radius 3 is 2.59 bits per heavy atom. The van der Waals surface area contributed by atoms with Crippen LogP contribution in [0.1, 0.15) is 5.56 Å². The molecule has 6 heteroatoms. The molecule has 1 aliphatic heterocycles. The standard InChI is InChI=1S/C23H18N6/c24-22-25-13-15(14-26-22)9-10-16-11-12-19(18-6-2-1-5-17(16)18)27-23-28-20-7-3-4-8-21(20)29-23/h1-8,11-14,22,25H,24H2,(H2,27,28,29). The highest BCUT2D eigenvalue weighted by molar-refractivity contribution is 5.99. The van der Waals surface area contributed by atoms with Gasteiger partial charge in [0.2, 0.25) is 5.95 Å². The molecule has 0 aliphatic carbocycles. The van der Waals surface area contributed by atoms with E-state index in [1.54, 1.807) is 12.4 Å². The number of rotatable bonds is 2. The van der Waals surface area contributed by atoms with Gasteiger partial charge in [-0.2, -0.15) is 0 Å². The molecular weight excluding hydrogens is 360 g/mol. The monoisotopic (exact) mass is 378 g/mol. The molecule has 140 valence electrons. The van der Waals surface area contributed by atoms with E-state index in [1.807, 2.05) is 48.5 Å². The van der Waals surface area contributed by atoms with Crippen LogP contribution in [0.2, 0.25) is 0 Å². The lowest BCUT2D eigenvalue weighted by molar-refractivity contribution is 0.637. The molecule has 2 heterocycles. The Labute approximate surface area is 167 Å². The number of para-hydroxylation sites is 2. The van der Waals surface area contributed by atoms with Crippen LogP contribution in [0.15, 0.2) is 77.4 Å². The summed E-state index contributed by atoms with van der Waals surface area (Å²) in [6, 6.07) is 20.2. The Kier molecular flexibility index (Phi) is 4.20. The maximum Gasteiger partial charge on any atom is 0.205 e. The average Bonchev–Trinajstić information content (AvgIpc) is 3.17. The van der Waals surface area contributed by atoms with Crippen LogP contribution in [0.4, 0.5) is 11.6 Å². The van der Waals surface area contributed by atoms with E-state index in [0.717, 1.165) is 38.6 Å². The molecule has 29 heavy (non-hydrogen) atoms. The van der Waals surface area contributed by atoms with Crippen LogP contribution in [-0.4, -0.2) is 22.5 Å². The lowest BCUT2D eigenvalue weighted by Crippen LogP contribution is -2.34. The summed E-state index contributed by atoms with van der Waals surface area (Å²) in [5.74, 6) is 7.09. The van der Waals surface area contributed by atoms with Crippen molar-refractivity contribution in [3.05, 3.63) is 78.0 Å². The molecule has 5 rings (SSSR count). The number of nitrogens with one attached hydrogen (secondary N) is 3. The molecule has 0 spiro atoms. The fourth-order valence-corrected chi connectivity index (χ4v) is 3.28. The number of nitrogens with two attached hydrogens (primary N) is 1. The summed E-state index contributed by atoms with van der Waals surface area (Å²) in [4.78, 5) is 12.0. The lowest BCUT2D eigenvalue weighted by atomic mass is 10.0. The molecule has 0 saturated heterocycles. The summed E-state index contributed by atoms with van der Waals surface area (Å²) in [7, 11) is 0. The second-order valence-corrected chi connectivity index (χ2v) is 6.67. The van der Waals surface area contributed by atoms with Crippen LogP contribution in [0.3, 0.4) is 0 Å². The highest BCUT2D eigenvalue weighted by Gasteiger charge is 2.08. The van der Waals surface area contributed by atoms with Crippen molar-refractivity contribution in [1.29, 1.82) is 0 Å². The van der Waals surface area contributed by atoms with Crippen LogP contribution >= 0.6 is 0 Å². The van der Waals surface area contributed by atoms with E-state index < -0.39 is 6.29 Å². The van der Waals surface area contributed by atoms with E-state index in [4.69, 9.17) is 5.73 Å². The molecule has 1 aliphatic rings. The van der Waals surface area contributed by atoms with Crippen LogP contribution in [-0.2, 0) is 0 Å². The van der Waals surface area contributed by atoms with Gasteiger partial charge in [0.15, 0.2) is 6.29 Å². The number of aliphatic imine (C=N–C) groups is 1. The van der Waals surface area contributed by atoms with Crippen molar-refractivity contribution in [3.8, 4) is 11.8 Å². The third-order valence-corrected chi connectivity index (χ3v) is 4.69. The number of hydrogen-bond acceptors (Lipinski definition) is 5. The number of H-pyrrole nitrogens is 1. The van der Waals surface area contributed by atoms with E-state index in [-0.39, 0.29) is 0 Å². The molecule has 0 saturated carbocycles. The number of hydrogen-bond donors (Lipinski definition) is 4. The molecular formula is C23H18N6. The fourth-order valence-electron chi connectivity index (χ4n) is 3.28. The number of anilines is 2. The molecule has 1 aromatic heterocycles. The molecule has 0 radical (unpaired) electrons. The van der Waals surface area contributed by atoms with E-state index in [1.165, 1.54) is 0 Å². The predicted molar refractivity (Wildman–Crippen MR) is 118 cm³/mol. The SMILES string of the molecule is NC1N=CC(C#Cc2ccc(Nc3nc4ccccc4[nH]3)c3ccccc23)=CN1. The smallest absolute Gasteiger partial charge is 0.205 e. The Morgan fingerprint density at radius 2 is 1.76 bits per heavy atom. The van der Waals surface area contributed by atoms with Gasteiger partial charge in [0.25, 0.3) is 0 Å². The average molecular weight is 378 g/mol. The first-order valence-corrected chi connectivity index (χ1v) is 9.27. The number of fused-ring (bicyclic) bond motifs is 2. The molecule has 0 bridgehead atoms. The summed E-state index contributed by atoms with van der Waals surface area (Å²) >= 11 is 0. The molecule has 4 aromatic rings. The van der Waals surface area contributed by atoms with Crippen LogP contribution in [0.5, 0.6) is 0 Å². The van der Waals surface area contributed by atoms with Gasteiger partial charge in [-0.25, -0.2) is 4.98 Å². The van der Waals surface area contributed by atoms with Gasteiger partial charge in [-0.3, -0.25) is 10.7 Å². The molecule has 0 amide bonds. The minimum absolute atomic E-state index is 0.398. The van der Waals surface area contributed by atoms with Gasteiger partial charge in [0.05, 0.1) is 16.6 Å². The van der Waals surface area contributed by atoms with Crippen molar-refractivity contribution < 1.29 is 0 Å². The maximum atomic E-state index is 5.67. The number of imidazole rings is 1. The third kappa shape index (κ3) is 3.43. The van der Waals surface area contributed by atoms with Gasteiger partial charge in [0.1, 0.15) is 0 Å². The number of aromatic amines is 1. The van der Waals surface area contributed by atoms with Crippen molar-refractivity contribution in [3.63, 3.8) is 0 Å². The van der Waals surface area contributed by atoms with Gasteiger partial charge in [0, 0.05) is 29.1 Å². The summed E-state index contributed by atoms with van der Waals surface area (Å²) in [5.41, 5.74) is 10.3. The van der Waals surface area contributed by atoms with Crippen molar-refractivity contribution in [2.45, 2.75) is 6.29 Å². The summed E-state index contributed by atoms with van der Waals surface area (Å²) < 4.78 is 0. The maximum absolute atomic E-state index is 5.67. The molecule has 1 atom stereocenters. The molecule has 0 fully saturated rings. The highest BCUT2D eigenvalue weighted by atomic mass is 15.2. The zero-order valence-corrected chi connectivity index (χ0v) is 15.5. The Bertz CT molecular complexity index is 1300. The van der Waals surface area contributed by atoms with E-state index >= 15 is 0 Å². The van der Waals surface area contributed by atoms with Gasteiger partial charge in [-0.05, 0) is 29.7 Å². The number of allylic oxidation sites excluding steroid dienone is 1. The van der Waals surface area contributed by atoms with Crippen LogP contribution in [0, 0.1) is 11.8 Å². The van der Waals surface area contributed by atoms with Gasteiger partial charge in [-0.1, -0.05) is 48.2 Å². The topological polar surface area (TPSA) is 91.1 Å². The predicted octanol–water partition coefficient (Wildman–Crippen LogP) is 3.61. The summed E-state index contributed by atoms with van der Waals surface area (Å²) in [6.07, 6.45) is 3.07. The zero-order valence-electron chi connectivity index (χ0n) is 15.5. The Hall–Kier alpha value is -4.08. The van der Waals surface area contributed by atoms with Crippen LogP contribution in [0.25, 0.3) is 21.8 Å². The first-order valence-electron chi connectivity index (χ1n) is 9.27.